The van der Waals surface area contributed by atoms with Gasteiger partial charge < -0.3 is 40.9 Å². The number of nitrogens with one attached hydrogen (secondary N) is 4. The van der Waals surface area contributed by atoms with E-state index in [1.807, 2.05) is 78.9 Å². The molecule has 0 radical (unpaired) electrons. The van der Waals surface area contributed by atoms with E-state index in [-0.39, 0.29) is 17.7 Å². The van der Waals surface area contributed by atoms with Gasteiger partial charge >= 0.3 is 0 Å². The molecule has 0 saturated carbocycles. The molecule has 2 aliphatic rings. The minimum Gasteiger partial charge on any atom is -0.385 e. The Morgan fingerprint density at radius 1 is 0.508 bits per heavy atom. The molecule has 2 heterocycles. The number of carbonyl (C=O) groups is 3. The number of piperazine rings is 2. The molecule has 2 saturated heterocycles. The number of para-hydroxylation sites is 2. The van der Waals surface area contributed by atoms with E-state index in [0.717, 1.165) is 134 Å². The molecule has 0 bridgehead atoms. The van der Waals surface area contributed by atoms with Gasteiger partial charge in [0, 0.05) is 122 Å². The van der Waals surface area contributed by atoms with Crippen molar-refractivity contribution in [3.05, 3.63) is 97.1 Å². The van der Waals surface area contributed by atoms with E-state index in [1.165, 1.54) is 0 Å². The molecule has 2 fully saturated rings. The van der Waals surface area contributed by atoms with Crippen LogP contribution in [0.25, 0.3) is 0 Å². The monoisotopic (exact) mass is 836 g/mol. The van der Waals surface area contributed by atoms with Gasteiger partial charge in [0.2, 0.25) is 17.7 Å². The van der Waals surface area contributed by atoms with Crippen molar-refractivity contribution < 1.29 is 14.4 Å². The maximum absolute atomic E-state index is 12.9. The van der Waals surface area contributed by atoms with Crippen molar-refractivity contribution in [2.45, 2.75) is 58.1 Å². The standard InChI is InChI=1S/C46H60N8O3S2/c1-51-26-30-53(31-27-51)24-21-45(56)49-40-16-5-7-18-42(40)58-38-14-10-12-36(34-38)47-23-9-3-4-20-44(55)48-37-13-11-15-39(35-37)59-43-19-8-6-17-41(43)50-46(57)22-25-54-32-28-52(2)29-33-54/h5-8,10-19,34-35,47H,3-4,9,20-33H2,1-2H3,(H,48,55)(H,49,56)(H,50,57). The third-order valence-electron chi connectivity index (χ3n) is 10.6. The summed E-state index contributed by atoms with van der Waals surface area (Å²) in [4.78, 5) is 52.0. The van der Waals surface area contributed by atoms with Crippen molar-refractivity contribution in [2.24, 2.45) is 0 Å². The van der Waals surface area contributed by atoms with Crippen LogP contribution in [0.3, 0.4) is 0 Å². The molecule has 2 aliphatic heterocycles. The molecular formula is C46H60N8O3S2. The molecule has 4 aromatic rings. The molecule has 0 aromatic heterocycles. The third kappa shape index (κ3) is 15.3. The number of hydrogen-bond acceptors (Lipinski definition) is 10. The van der Waals surface area contributed by atoms with E-state index in [4.69, 9.17) is 0 Å². The topological polar surface area (TPSA) is 112 Å². The lowest BCUT2D eigenvalue weighted by Gasteiger charge is -2.32. The molecule has 13 heteroatoms. The molecule has 4 N–H and O–H groups in total. The van der Waals surface area contributed by atoms with Crippen LogP contribution in [0.2, 0.25) is 0 Å². The highest BCUT2D eigenvalue weighted by atomic mass is 32.2. The van der Waals surface area contributed by atoms with Crippen molar-refractivity contribution in [3.8, 4) is 0 Å². The second kappa shape index (κ2) is 23.4. The first-order chi connectivity index (χ1) is 28.8. The van der Waals surface area contributed by atoms with Crippen LogP contribution in [-0.4, -0.2) is 123 Å². The minimum absolute atomic E-state index is 0.00403. The lowest BCUT2D eigenvalue weighted by atomic mass is 10.2. The SMILES string of the molecule is CN1CCN(CCC(=O)Nc2ccccc2Sc2cccc(NCCCCCC(=O)Nc3cccc(Sc4ccccc4NC(=O)CCN4CCN(C)CC4)c3)c2)CC1. The normalized spacial score (nSPS) is 15.4. The Labute approximate surface area is 359 Å². The van der Waals surface area contributed by atoms with Gasteiger partial charge in [-0.05, 0) is 87.6 Å². The largest absolute Gasteiger partial charge is 0.385 e. The van der Waals surface area contributed by atoms with Crippen molar-refractivity contribution >= 4 is 64.0 Å². The highest BCUT2D eigenvalue weighted by Crippen LogP contribution is 2.36. The van der Waals surface area contributed by atoms with Crippen LogP contribution >= 0.6 is 23.5 Å². The number of unbranched alkanes of at least 4 members (excludes halogenated alkanes) is 2. The van der Waals surface area contributed by atoms with Gasteiger partial charge in [-0.25, -0.2) is 0 Å². The fourth-order valence-electron chi connectivity index (χ4n) is 7.01. The predicted molar refractivity (Wildman–Crippen MR) is 244 cm³/mol. The fourth-order valence-corrected chi connectivity index (χ4v) is 8.93. The molecule has 314 valence electrons. The van der Waals surface area contributed by atoms with Gasteiger partial charge in [-0.3, -0.25) is 14.4 Å². The lowest BCUT2D eigenvalue weighted by molar-refractivity contribution is -0.117. The number of anilines is 4. The summed E-state index contributed by atoms with van der Waals surface area (Å²) in [6, 6.07) is 32.0. The van der Waals surface area contributed by atoms with Crippen molar-refractivity contribution in [2.75, 3.05) is 107 Å². The first kappa shape index (κ1) is 44.2. The Morgan fingerprint density at radius 2 is 0.983 bits per heavy atom. The van der Waals surface area contributed by atoms with E-state index >= 15 is 0 Å². The van der Waals surface area contributed by atoms with Crippen LogP contribution in [0.1, 0.15) is 38.5 Å². The maximum Gasteiger partial charge on any atom is 0.225 e. The summed E-state index contributed by atoms with van der Waals surface area (Å²) in [6.45, 7) is 10.5. The summed E-state index contributed by atoms with van der Waals surface area (Å²) in [6.07, 6.45) is 4.09. The van der Waals surface area contributed by atoms with Gasteiger partial charge in [0.1, 0.15) is 0 Å². The molecule has 0 unspecified atom stereocenters. The highest BCUT2D eigenvalue weighted by Gasteiger charge is 2.17. The maximum atomic E-state index is 12.9. The zero-order valence-electron chi connectivity index (χ0n) is 34.6. The van der Waals surface area contributed by atoms with Gasteiger partial charge in [0.05, 0.1) is 11.4 Å². The van der Waals surface area contributed by atoms with Crippen LogP contribution < -0.4 is 21.3 Å². The third-order valence-corrected chi connectivity index (χ3v) is 12.8. The second-order valence-corrected chi connectivity index (χ2v) is 17.7. The quantitative estimate of drug-likeness (QED) is 0.0660. The number of benzene rings is 4. The number of carbonyl (C=O) groups excluding carboxylic acids is 3. The smallest absolute Gasteiger partial charge is 0.225 e. The Hall–Kier alpha value is -4.37. The van der Waals surface area contributed by atoms with Crippen molar-refractivity contribution in [3.63, 3.8) is 0 Å². The summed E-state index contributed by atoms with van der Waals surface area (Å²) < 4.78 is 0. The fraction of sp³-hybridized carbons (Fsp3) is 0.413. The average Bonchev–Trinajstić information content (AvgIpc) is 3.23. The lowest BCUT2D eigenvalue weighted by Crippen LogP contribution is -2.45. The molecule has 59 heavy (non-hydrogen) atoms. The van der Waals surface area contributed by atoms with Gasteiger partial charge in [-0.2, -0.15) is 0 Å². The summed E-state index contributed by atoms with van der Waals surface area (Å²) >= 11 is 3.21. The van der Waals surface area contributed by atoms with Crippen molar-refractivity contribution in [1.82, 2.24) is 19.6 Å². The molecular weight excluding hydrogens is 777 g/mol. The van der Waals surface area contributed by atoms with E-state index in [1.54, 1.807) is 23.5 Å². The zero-order valence-corrected chi connectivity index (χ0v) is 36.2. The van der Waals surface area contributed by atoms with Gasteiger partial charge in [0.25, 0.3) is 0 Å². The first-order valence-corrected chi connectivity index (χ1v) is 22.6. The van der Waals surface area contributed by atoms with E-state index in [0.29, 0.717) is 19.3 Å². The van der Waals surface area contributed by atoms with Crippen LogP contribution in [0.5, 0.6) is 0 Å². The number of hydrogen-bond donors (Lipinski definition) is 4. The summed E-state index contributed by atoms with van der Waals surface area (Å²) in [5.41, 5.74) is 3.45. The van der Waals surface area contributed by atoms with Gasteiger partial charge in [0.15, 0.2) is 0 Å². The van der Waals surface area contributed by atoms with Crippen LogP contribution in [0, 0.1) is 0 Å². The summed E-state index contributed by atoms with van der Waals surface area (Å²) in [5, 5.41) is 12.9. The summed E-state index contributed by atoms with van der Waals surface area (Å²) in [5.74, 6) is 0.0669. The van der Waals surface area contributed by atoms with E-state index in [2.05, 4.69) is 73.2 Å². The van der Waals surface area contributed by atoms with E-state index in [9.17, 15) is 14.4 Å². The molecule has 11 nitrogen and oxygen atoms in total. The van der Waals surface area contributed by atoms with Crippen molar-refractivity contribution in [1.29, 1.82) is 0 Å². The number of likely N-dealkylation sites (N-methyl/N-ethyl adjacent to an activating group) is 2. The molecule has 3 amide bonds. The number of nitrogens with zero attached hydrogens (tertiary/aromatic N) is 4. The molecule has 6 rings (SSSR count). The predicted octanol–water partition coefficient (Wildman–Crippen LogP) is 7.75. The van der Waals surface area contributed by atoms with Crippen LogP contribution in [-0.2, 0) is 14.4 Å². The zero-order chi connectivity index (χ0) is 41.2. The molecule has 0 aliphatic carbocycles. The molecule has 4 aromatic carbocycles. The van der Waals surface area contributed by atoms with E-state index < -0.39 is 0 Å². The molecule has 0 spiro atoms. The Morgan fingerprint density at radius 3 is 1.53 bits per heavy atom. The Bertz CT molecular complexity index is 1970. The minimum atomic E-state index is 0.00403. The van der Waals surface area contributed by atoms with Crippen LogP contribution in [0.15, 0.2) is 117 Å². The van der Waals surface area contributed by atoms with Crippen LogP contribution in [0.4, 0.5) is 22.7 Å². The second-order valence-electron chi connectivity index (χ2n) is 15.4. The Balaban J connectivity index is 0.878. The number of amides is 3. The van der Waals surface area contributed by atoms with Gasteiger partial charge in [-0.15, -0.1) is 0 Å². The molecule has 0 atom stereocenters. The van der Waals surface area contributed by atoms with Gasteiger partial charge in [-0.1, -0.05) is 66.3 Å². The Kier molecular flexibility index (Phi) is 17.5. The number of rotatable bonds is 20. The average molecular weight is 837 g/mol. The first-order valence-electron chi connectivity index (χ1n) is 20.9. The highest BCUT2D eigenvalue weighted by molar-refractivity contribution is 7.99. The summed E-state index contributed by atoms with van der Waals surface area (Å²) in [7, 11) is 4.28.